The zero-order valence-electron chi connectivity index (χ0n) is 10.8. The minimum absolute atomic E-state index is 0.194. The van der Waals surface area contributed by atoms with Gasteiger partial charge in [-0.3, -0.25) is 0 Å². The molecule has 0 saturated carbocycles. The summed E-state index contributed by atoms with van der Waals surface area (Å²) < 4.78 is 5.57. The molecule has 0 amide bonds. The van der Waals surface area contributed by atoms with E-state index in [1.165, 1.54) is 6.42 Å². The number of nitrogens with two attached hydrogens (primary N) is 1. The minimum atomic E-state index is 0.194. The van der Waals surface area contributed by atoms with E-state index in [9.17, 15) is 0 Å². The smallest absolute Gasteiger partial charge is 0.0823 e. The van der Waals surface area contributed by atoms with E-state index in [0.29, 0.717) is 6.54 Å². The average Bonchev–Trinajstić information content (AvgIpc) is 2.26. The maximum absolute atomic E-state index is 5.67. The molecule has 0 aliphatic carbocycles. The Morgan fingerprint density at radius 3 is 2.27 bits per heavy atom. The molecule has 3 nitrogen and oxygen atoms in total. The number of nitrogens with zero attached hydrogens (tertiary/aromatic N) is 1. The van der Waals surface area contributed by atoms with Crippen molar-refractivity contribution in [1.82, 2.24) is 4.90 Å². The van der Waals surface area contributed by atoms with E-state index in [4.69, 9.17) is 10.5 Å². The van der Waals surface area contributed by atoms with E-state index in [1.807, 2.05) is 6.92 Å². The Morgan fingerprint density at radius 1 is 1.20 bits per heavy atom. The molecule has 2 atom stereocenters. The Balaban J connectivity index is 3.94. The SMILES string of the molecule is CCOC(CN)CN(CC)CC(C)CC. The van der Waals surface area contributed by atoms with Gasteiger partial charge in [0.05, 0.1) is 6.10 Å². The molecule has 2 unspecified atom stereocenters. The van der Waals surface area contributed by atoms with Crippen LogP contribution in [0.5, 0.6) is 0 Å². The highest BCUT2D eigenvalue weighted by Crippen LogP contribution is 2.05. The third-order valence-corrected chi connectivity index (χ3v) is 2.84. The first-order chi connectivity index (χ1) is 7.17. The van der Waals surface area contributed by atoms with Crippen LogP contribution in [-0.2, 0) is 4.74 Å². The highest BCUT2D eigenvalue weighted by atomic mass is 16.5. The van der Waals surface area contributed by atoms with E-state index in [2.05, 4.69) is 25.7 Å². The molecule has 15 heavy (non-hydrogen) atoms. The van der Waals surface area contributed by atoms with Gasteiger partial charge in [0, 0.05) is 26.2 Å². The van der Waals surface area contributed by atoms with E-state index >= 15 is 0 Å². The molecule has 2 N–H and O–H groups in total. The van der Waals surface area contributed by atoms with Gasteiger partial charge in [0.2, 0.25) is 0 Å². The number of ether oxygens (including phenoxy) is 1. The Bertz CT molecular complexity index is 142. The fourth-order valence-corrected chi connectivity index (χ4v) is 1.62. The molecule has 0 rings (SSSR count). The number of hydrogen-bond donors (Lipinski definition) is 1. The van der Waals surface area contributed by atoms with Gasteiger partial charge in [0.25, 0.3) is 0 Å². The van der Waals surface area contributed by atoms with E-state index in [-0.39, 0.29) is 6.10 Å². The fourth-order valence-electron chi connectivity index (χ4n) is 1.62. The summed E-state index contributed by atoms with van der Waals surface area (Å²) in [4.78, 5) is 2.43. The highest BCUT2D eigenvalue weighted by molar-refractivity contribution is 4.68. The molecule has 0 fully saturated rings. The van der Waals surface area contributed by atoms with Crippen LogP contribution in [0.25, 0.3) is 0 Å². The number of likely N-dealkylation sites (N-methyl/N-ethyl adjacent to an activating group) is 1. The summed E-state index contributed by atoms with van der Waals surface area (Å²) in [6.45, 7) is 13.3. The van der Waals surface area contributed by atoms with Gasteiger partial charge < -0.3 is 15.4 Å². The maximum Gasteiger partial charge on any atom is 0.0823 e. The quantitative estimate of drug-likeness (QED) is 0.638. The molecule has 0 bridgehead atoms. The van der Waals surface area contributed by atoms with Crippen LogP contribution in [0.2, 0.25) is 0 Å². The zero-order valence-corrected chi connectivity index (χ0v) is 10.8. The molecule has 0 heterocycles. The third kappa shape index (κ3) is 6.88. The molecule has 0 aromatic heterocycles. The van der Waals surface area contributed by atoms with Gasteiger partial charge in [-0.05, 0) is 19.4 Å². The third-order valence-electron chi connectivity index (χ3n) is 2.84. The summed E-state index contributed by atoms with van der Waals surface area (Å²) in [5.41, 5.74) is 5.67. The van der Waals surface area contributed by atoms with Crippen LogP contribution in [0.4, 0.5) is 0 Å². The van der Waals surface area contributed by atoms with Crippen molar-refractivity contribution in [3.8, 4) is 0 Å². The van der Waals surface area contributed by atoms with Crippen LogP contribution in [0, 0.1) is 5.92 Å². The predicted molar refractivity (Wildman–Crippen MR) is 66.0 cm³/mol. The molecule has 0 spiro atoms. The summed E-state index contributed by atoms with van der Waals surface area (Å²) in [6.07, 6.45) is 1.43. The molecule has 0 aromatic carbocycles. The van der Waals surface area contributed by atoms with Crippen molar-refractivity contribution in [2.45, 2.75) is 40.2 Å². The lowest BCUT2D eigenvalue weighted by Crippen LogP contribution is -2.40. The van der Waals surface area contributed by atoms with E-state index in [1.54, 1.807) is 0 Å². The first kappa shape index (κ1) is 14.9. The Morgan fingerprint density at radius 2 is 1.87 bits per heavy atom. The normalized spacial score (nSPS) is 15.6. The Labute approximate surface area is 95.0 Å². The van der Waals surface area contributed by atoms with Crippen LogP contribution < -0.4 is 5.73 Å². The van der Waals surface area contributed by atoms with E-state index < -0.39 is 0 Å². The minimum Gasteiger partial charge on any atom is -0.376 e. The first-order valence-corrected chi connectivity index (χ1v) is 6.21. The van der Waals surface area contributed by atoms with Crippen molar-refractivity contribution < 1.29 is 4.74 Å². The molecule has 0 aliphatic rings. The van der Waals surface area contributed by atoms with Crippen molar-refractivity contribution >= 4 is 0 Å². The summed E-state index contributed by atoms with van der Waals surface area (Å²) in [5, 5.41) is 0. The monoisotopic (exact) mass is 216 g/mol. The van der Waals surface area contributed by atoms with Crippen molar-refractivity contribution in [2.24, 2.45) is 11.7 Å². The second-order valence-corrected chi connectivity index (χ2v) is 4.18. The predicted octanol–water partition coefficient (Wildman–Crippen LogP) is 1.72. The standard InChI is InChI=1S/C12H28N2O/c1-5-11(4)9-14(6-2)10-12(8-13)15-7-3/h11-12H,5-10,13H2,1-4H3. The van der Waals surface area contributed by atoms with Gasteiger partial charge in [-0.1, -0.05) is 27.2 Å². The van der Waals surface area contributed by atoms with Gasteiger partial charge in [0.15, 0.2) is 0 Å². The fraction of sp³-hybridized carbons (Fsp3) is 1.00. The summed E-state index contributed by atoms with van der Waals surface area (Å²) >= 11 is 0. The van der Waals surface area contributed by atoms with Gasteiger partial charge in [-0.2, -0.15) is 0 Å². The van der Waals surface area contributed by atoms with Gasteiger partial charge in [-0.25, -0.2) is 0 Å². The maximum atomic E-state index is 5.67. The van der Waals surface area contributed by atoms with Crippen LogP contribution >= 0.6 is 0 Å². The average molecular weight is 216 g/mol. The second-order valence-electron chi connectivity index (χ2n) is 4.18. The van der Waals surface area contributed by atoms with Gasteiger partial charge in [0.1, 0.15) is 0 Å². The lowest BCUT2D eigenvalue weighted by molar-refractivity contribution is 0.0371. The highest BCUT2D eigenvalue weighted by Gasteiger charge is 2.13. The van der Waals surface area contributed by atoms with Crippen molar-refractivity contribution in [1.29, 1.82) is 0 Å². The molecular weight excluding hydrogens is 188 g/mol. The lowest BCUT2D eigenvalue weighted by atomic mass is 10.1. The van der Waals surface area contributed by atoms with Gasteiger partial charge >= 0.3 is 0 Å². The second kappa shape index (κ2) is 9.13. The molecule has 0 aromatic rings. The summed E-state index contributed by atoms with van der Waals surface area (Å²) in [7, 11) is 0. The molecular formula is C12H28N2O. The zero-order chi connectivity index (χ0) is 11.7. The topological polar surface area (TPSA) is 38.5 Å². The molecule has 3 heteroatoms. The number of rotatable bonds is 9. The Hall–Kier alpha value is -0.120. The molecule has 0 radical (unpaired) electrons. The summed E-state index contributed by atoms with van der Waals surface area (Å²) in [6, 6.07) is 0. The summed E-state index contributed by atoms with van der Waals surface area (Å²) in [5.74, 6) is 0.755. The van der Waals surface area contributed by atoms with Crippen LogP contribution in [0.3, 0.4) is 0 Å². The number of hydrogen-bond acceptors (Lipinski definition) is 3. The first-order valence-electron chi connectivity index (χ1n) is 6.21. The Kier molecular flexibility index (Phi) is 9.06. The molecule has 0 saturated heterocycles. The van der Waals surface area contributed by atoms with Crippen LogP contribution in [-0.4, -0.2) is 43.8 Å². The molecule has 92 valence electrons. The largest absolute Gasteiger partial charge is 0.376 e. The van der Waals surface area contributed by atoms with E-state index in [0.717, 1.165) is 32.2 Å². The molecule has 0 aliphatic heterocycles. The van der Waals surface area contributed by atoms with Crippen LogP contribution in [0.1, 0.15) is 34.1 Å². The van der Waals surface area contributed by atoms with Crippen molar-refractivity contribution in [3.05, 3.63) is 0 Å². The lowest BCUT2D eigenvalue weighted by Gasteiger charge is -2.27. The van der Waals surface area contributed by atoms with Crippen molar-refractivity contribution in [3.63, 3.8) is 0 Å². The van der Waals surface area contributed by atoms with Crippen molar-refractivity contribution in [2.75, 3.05) is 32.8 Å². The van der Waals surface area contributed by atoms with Gasteiger partial charge in [-0.15, -0.1) is 0 Å². The van der Waals surface area contributed by atoms with Crippen LogP contribution in [0.15, 0.2) is 0 Å².